The van der Waals surface area contributed by atoms with E-state index >= 15 is 0 Å². The van der Waals surface area contributed by atoms with Crippen LogP contribution in [0.25, 0.3) is 6.08 Å². The molecule has 2 heterocycles. The summed E-state index contributed by atoms with van der Waals surface area (Å²) in [6.45, 7) is 4.27. The summed E-state index contributed by atoms with van der Waals surface area (Å²) in [4.78, 5) is 17.8. The lowest BCUT2D eigenvalue weighted by molar-refractivity contribution is -0.125. The van der Waals surface area contributed by atoms with Crippen LogP contribution in [0.5, 0.6) is 0 Å². The molecule has 5 heteroatoms. The zero-order valence-electron chi connectivity index (χ0n) is 14.1. The van der Waals surface area contributed by atoms with Crippen molar-refractivity contribution in [1.82, 2.24) is 9.80 Å². The van der Waals surface area contributed by atoms with Gasteiger partial charge in [-0.15, -0.1) is 11.3 Å². The molecule has 0 aliphatic carbocycles. The lowest BCUT2D eigenvalue weighted by Gasteiger charge is -2.21. The van der Waals surface area contributed by atoms with Crippen molar-refractivity contribution in [3.8, 4) is 6.07 Å². The molecule has 25 heavy (non-hydrogen) atoms. The lowest BCUT2D eigenvalue weighted by Crippen LogP contribution is -2.34. The van der Waals surface area contributed by atoms with Gasteiger partial charge < -0.3 is 4.90 Å². The summed E-state index contributed by atoms with van der Waals surface area (Å²) >= 11 is 1.63. The van der Waals surface area contributed by atoms with Gasteiger partial charge in [0.25, 0.3) is 0 Å². The maximum atomic E-state index is 12.4. The van der Waals surface area contributed by atoms with Crippen LogP contribution < -0.4 is 0 Å². The van der Waals surface area contributed by atoms with Crippen LogP contribution in [-0.4, -0.2) is 41.9 Å². The molecule has 4 nitrogen and oxygen atoms in total. The maximum Gasteiger partial charge on any atom is 0.246 e. The van der Waals surface area contributed by atoms with E-state index in [1.54, 1.807) is 17.4 Å². The van der Waals surface area contributed by atoms with Crippen LogP contribution >= 0.6 is 11.3 Å². The van der Waals surface area contributed by atoms with E-state index in [0.29, 0.717) is 5.56 Å². The Labute approximate surface area is 152 Å². The topological polar surface area (TPSA) is 47.3 Å². The van der Waals surface area contributed by atoms with E-state index in [4.69, 9.17) is 5.26 Å². The first kappa shape index (κ1) is 17.4. The Morgan fingerprint density at radius 2 is 2.00 bits per heavy atom. The summed E-state index contributed by atoms with van der Waals surface area (Å²) in [6, 6.07) is 13.9. The third kappa shape index (κ3) is 5.02. The first-order valence-electron chi connectivity index (χ1n) is 8.46. The molecule has 1 fully saturated rings. The Hall–Kier alpha value is -2.42. The fraction of sp³-hybridized carbons (Fsp3) is 0.300. The fourth-order valence-corrected chi connectivity index (χ4v) is 3.56. The molecule has 2 aromatic rings. The molecule has 0 saturated carbocycles. The van der Waals surface area contributed by atoms with Crippen molar-refractivity contribution in [2.45, 2.75) is 13.0 Å². The van der Waals surface area contributed by atoms with E-state index in [1.807, 2.05) is 52.8 Å². The van der Waals surface area contributed by atoms with Gasteiger partial charge in [0.2, 0.25) is 5.91 Å². The van der Waals surface area contributed by atoms with Gasteiger partial charge in [-0.1, -0.05) is 18.2 Å². The number of hydrogen-bond acceptors (Lipinski definition) is 4. The van der Waals surface area contributed by atoms with Crippen LogP contribution in [0.15, 0.2) is 47.9 Å². The van der Waals surface area contributed by atoms with E-state index in [0.717, 1.165) is 44.0 Å². The minimum absolute atomic E-state index is 0.0913. The van der Waals surface area contributed by atoms with E-state index in [2.05, 4.69) is 11.0 Å². The average Bonchev–Trinajstić information content (AvgIpc) is 3.06. The summed E-state index contributed by atoms with van der Waals surface area (Å²) in [5.74, 6) is 0.0913. The summed E-state index contributed by atoms with van der Waals surface area (Å²) < 4.78 is 0. The first-order valence-corrected chi connectivity index (χ1v) is 9.34. The van der Waals surface area contributed by atoms with Crippen LogP contribution in [0.3, 0.4) is 0 Å². The Morgan fingerprint density at radius 1 is 1.16 bits per heavy atom. The van der Waals surface area contributed by atoms with Gasteiger partial charge in [0.05, 0.1) is 11.6 Å². The van der Waals surface area contributed by atoms with Crippen molar-refractivity contribution in [3.63, 3.8) is 0 Å². The molecule has 1 amide bonds. The normalized spacial score (nSPS) is 15.9. The highest BCUT2D eigenvalue weighted by atomic mass is 32.1. The number of hydrogen-bond donors (Lipinski definition) is 0. The Morgan fingerprint density at radius 3 is 2.72 bits per heavy atom. The standard InChI is InChI=1S/C20H21N3OS/c21-15-17-4-6-18(7-5-17)16-22-10-2-11-23(13-12-22)20(24)9-8-19-3-1-14-25-19/h1,3-9,14H,2,10-13,16H2/b9-8+. The molecule has 0 atom stereocenters. The minimum atomic E-state index is 0.0913. The van der Waals surface area contributed by atoms with Crippen molar-refractivity contribution < 1.29 is 4.79 Å². The molecule has 0 radical (unpaired) electrons. The molecule has 128 valence electrons. The van der Waals surface area contributed by atoms with Crippen molar-refractivity contribution in [1.29, 1.82) is 5.26 Å². The van der Waals surface area contributed by atoms with Crippen LogP contribution in [0.4, 0.5) is 0 Å². The Kier molecular flexibility index (Phi) is 5.99. The van der Waals surface area contributed by atoms with Crippen LogP contribution in [-0.2, 0) is 11.3 Å². The zero-order valence-corrected chi connectivity index (χ0v) is 14.9. The molecule has 3 rings (SSSR count). The number of nitriles is 1. The second-order valence-electron chi connectivity index (χ2n) is 6.11. The third-order valence-corrected chi connectivity index (χ3v) is 5.16. The Balaban J connectivity index is 1.53. The number of amides is 1. The molecule has 0 unspecified atom stereocenters. The number of rotatable bonds is 4. The fourth-order valence-electron chi connectivity index (χ4n) is 2.94. The molecule has 1 aromatic heterocycles. The van der Waals surface area contributed by atoms with Gasteiger partial charge in [0.1, 0.15) is 0 Å². The number of carbonyl (C=O) groups excluding carboxylic acids is 1. The molecule has 0 N–H and O–H groups in total. The monoisotopic (exact) mass is 351 g/mol. The number of thiophene rings is 1. The Bertz CT molecular complexity index is 759. The largest absolute Gasteiger partial charge is 0.338 e. The van der Waals surface area contributed by atoms with Gasteiger partial charge in [-0.05, 0) is 41.6 Å². The average molecular weight is 351 g/mol. The molecule has 1 saturated heterocycles. The van der Waals surface area contributed by atoms with Gasteiger partial charge >= 0.3 is 0 Å². The number of benzene rings is 1. The van der Waals surface area contributed by atoms with Crippen molar-refractivity contribution in [3.05, 3.63) is 63.9 Å². The van der Waals surface area contributed by atoms with E-state index in [-0.39, 0.29) is 5.91 Å². The van der Waals surface area contributed by atoms with Gasteiger partial charge in [-0.3, -0.25) is 9.69 Å². The summed E-state index contributed by atoms with van der Waals surface area (Å²) in [6.07, 6.45) is 4.56. The second-order valence-corrected chi connectivity index (χ2v) is 7.09. The summed E-state index contributed by atoms with van der Waals surface area (Å²) in [5, 5.41) is 10.9. The third-order valence-electron chi connectivity index (χ3n) is 4.32. The van der Waals surface area contributed by atoms with Gasteiger partial charge in [-0.25, -0.2) is 0 Å². The predicted octanol–water partition coefficient (Wildman–Crippen LogP) is 3.37. The van der Waals surface area contributed by atoms with Crippen LogP contribution in [0.1, 0.15) is 22.4 Å². The zero-order chi connectivity index (χ0) is 17.5. The second kappa shape index (κ2) is 8.61. The van der Waals surface area contributed by atoms with Crippen molar-refractivity contribution in [2.75, 3.05) is 26.2 Å². The molecular weight excluding hydrogens is 330 g/mol. The highest BCUT2D eigenvalue weighted by Gasteiger charge is 2.17. The lowest BCUT2D eigenvalue weighted by atomic mass is 10.1. The SMILES string of the molecule is N#Cc1ccc(CN2CCCN(C(=O)/C=C/c3cccs3)CC2)cc1. The van der Waals surface area contributed by atoms with Crippen molar-refractivity contribution >= 4 is 23.3 Å². The molecular formula is C20H21N3OS. The summed E-state index contributed by atoms with van der Waals surface area (Å²) in [5.41, 5.74) is 1.89. The molecule has 0 spiro atoms. The smallest absolute Gasteiger partial charge is 0.246 e. The summed E-state index contributed by atoms with van der Waals surface area (Å²) in [7, 11) is 0. The van der Waals surface area contributed by atoms with Crippen LogP contribution in [0, 0.1) is 11.3 Å². The van der Waals surface area contributed by atoms with Crippen LogP contribution in [0.2, 0.25) is 0 Å². The quantitative estimate of drug-likeness (QED) is 0.794. The highest BCUT2D eigenvalue weighted by Crippen LogP contribution is 2.13. The molecule has 0 bridgehead atoms. The molecule has 1 aliphatic rings. The van der Waals surface area contributed by atoms with E-state index in [1.165, 1.54) is 5.56 Å². The molecule has 1 aromatic carbocycles. The maximum absolute atomic E-state index is 12.4. The molecule has 1 aliphatic heterocycles. The number of carbonyl (C=O) groups is 1. The predicted molar refractivity (Wildman–Crippen MR) is 101 cm³/mol. The van der Waals surface area contributed by atoms with Gasteiger partial charge in [0.15, 0.2) is 0 Å². The minimum Gasteiger partial charge on any atom is -0.338 e. The van der Waals surface area contributed by atoms with E-state index in [9.17, 15) is 4.79 Å². The van der Waals surface area contributed by atoms with Gasteiger partial charge in [-0.2, -0.15) is 5.26 Å². The van der Waals surface area contributed by atoms with Crippen molar-refractivity contribution in [2.24, 2.45) is 0 Å². The highest BCUT2D eigenvalue weighted by molar-refractivity contribution is 7.10. The first-order chi connectivity index (χ1) is 12.2. The number of nitrogens with zero attached hydrogens (tertiary/aromatic N) is 3. The van der Waals surface area contributed by atoms with Gasteiger partial charge in [0, 0.05) is 43.7 Å². The van der Waals surface area contributed by atoms with E-state index < -0.39 is 0 Å².